The lowest BCUT2D eigenvalue weighted by atomic mass is 10.0. The molecule has 0 radical (unpaired) electrons. The second-order valence-electron chi connectivity index (χ2n) is 6.05. The molecule has 0 aliphatic carbocycles. The molecule has 1 aromatic rings. The Morgan fingerprint density at radius 2 is 1.89 bits per heavy atom. The van der Waals surface area contributed by atoms with E-state index in [0.717, 1.165) is 25.4 Å². The van der Waals surface area contributed by atoms with Crippen molar-refractivity contribution < 1.29 is 4.74 Å². The molecule has 1 heterocycles. The van der Waals surface area contributed by atoms with Crippen LogP contribution in [0.25, 0.3) is 0 Å². The van der Waals surface area contributed by atoms with Crippen LogP contribution in [0.15, 0.2) is 24.3 Å². The van der Waals surface area contributed by atoms with Crippen LogP contribution in [-0.4, -0.2) is 37.2 Å². The SMILES string of the molecule is CN1CCNC(c2ccc(OC(C)(C)C)cc2)C1. The van der Waals surface area contributed by atoms with E-state index in [0.29, 0.717) is 6.04 Å². The standard InChI is InChI=1S/C15H24N2O/c1-15(2,3)18-13-7-5-12(6-8-13)14-11-17(4)10-9-16-14/h5-8,14,16H,9-11H2,1-4H3. The van der Waals surface area contributed by atoms with Crippen LogP contribution in [0.1, 0.15) is 32.4 Å². The number of nitrogens with one attached hydrogen (secondary N) is 1. The Labute approximate surface area is 110 Å². The Morgan fingerprint density at radius 1 is 1.22 bits per heavy atom. The maximum absolute atomic E-state index is 5.83. The van der Waals surface area contributed by atoms with E-state index in [1.807, 2.05) is 0 Å². The van der Waals surface area contributed by atoms with Crippen molar-refractivity contribution in [2.24, 2.45) is 0 Å². The Bertz CT molecular complexity index is 380. The van der Waals surface area contributed by atoms with Gasteiger partial charge in [-0.1, -0.05) is 12.1 Å². The molecule has 0 spiro atoms. The number of rotatable bonds is 2. The summed E-state index contributed by atoms with van der Waals surface area (Å²) < 4.78 is 5.83. The van der Waals surface area contributed by atoms with Crippen LogP contribution >= 0.6 is 0 Å². The van der Waals surface area contributed by atoms with Crippen LogP contribution in [0.4, 0.5) is 0 Å². The van der Waals surface area contributed by atoms with Crippen LogP contribution in [0.5, 0.6) is 5.75 Å². The molecular formula is C15H24N2O. The summed E-state index contributed by atoms with van der Waals surface area (Å²) >= 11 is 0. The first-order chi connectivity index (χ1) is 8.44. The monoisotopic (exact) mass is 248 g/mol. The quantitative estimate of drug-likeness (QED) is 0.870. The highest BCUT2D eigenvalue weighted by Crippen LogP contribution is 2.22. The van der Waals surface area contributed by atoms with E-state index < -0.39 is 0 Å². The summed E-state index contributed by atoms with van der Waals surface area (Å²) in [5.74, 6) is 0.940. The van der Waals surface area contributed by atoms with Gasteiger partial charge < -0.3 is 15.0 Å². The molecule has 0 amide bonds. The van der Waals surface area contributed by atoms with Crippen molar-refractivity contribution in [2.45, 2.75) is 32.4 Å². The van der Waals surface area contributed by atoms with Gasteiger partial charge in [0.15, 0.2) is 0 Å². The molecule has 0 bridgehead atoms. The van der Waals surface area contributed by atoms with E-state index in [-0.39, 0.29) is 5.60 Å². The Balaban J connectivity index is 2.03. The molecule has 1 unspecified atom stereocenters. The van der Waals surface area contributed by atoms with Gasteiger partial charge in [0.2, 0.25) is 0 Å². The summed E-state index contributed by atoms with van der Waals surface area (Å²) in [6.07, 6.45) is 0. The molecule has 1 aliphatic heterocycles. The largest absolute Gasteiger partial charge is 0.488 e. The van der Waals surface area contributed by atoms with Crippen molar-refractivity contribution in [3.63, 3.8) is 0 Å². The zero-order chi connectivity index (χ0) is 13.2. The van der Waals surface area contributed by atoms with E-state index in [1.165, 1.54) is 5.56 Å². The minimum atomic E-state index is -0.134. The zero-order valence-corrected chi connectivity index (χ0v) is 11.9. The van der Waals surface area contributed by atoms with Crippen molar-refractivity contribution in [1.82, 2.24) is 10.2 Å². The van der Waals surface area contributed by atoms with Crippen molar-refractivity contribution >= 4 is 0 Å². The molecule has 1 N–H and O–H groups in total. The van der Waals surface area contributed by atoms with Crippen LogP contribution < -0.4 is 10.1 Å². The predicted octanol–water partition coefficient (Wildman–Crippen LogP) is 2.44. The van der Waals surface area contributed by atoms with Gasteiger partial charge in [-0.05, 0) is 45.5 Å². The first kappa shape index (κ1) is 13.4. The number of hydrogen-bond donors (Lipinski definition) is 1. The summed E-state index contributed by atoms with van der Waals surface area (Å²) in [5, 5.41) is 3.55. The number of nitrogens with zero attached hydrogens (tertiary/aromatic N) is 1. The highest BCUT2D eigenvalue weighted by molar-refractivity contribution is 5.30. The first-order valence-corrected chi connectivity index (χ1v) is 6.65. The minimum Gasteiger partial charge on any atom is -0.488 e. The third kappa shape index (κ3) is 3.72. The number of ether oxygens (including phenoxy) is 1. The van der Waals surface area contributed by atoms with Gasteiger partial charge in [-0.15, -0.1) is 0 Å². The van der Waals surface area contributed by atoms with Gasteiger partial charge in [0, 0.05) is 25.7 Å². The summed E-state index contributed by atoms with van der Waals surface area (Å²) in [6.45, 7) is 9.46. The molecule has 3 heteroatoms. The predicted molar refractivity (Wildman–Crippen MR) is 75.1 cm³/mol. The Morgan fingerprint density at radius 3 is 2.44 bits per heavy atom. The summed E-state index contributed by atoms with van der Waals surface area (Å²) in [4.78, 5) is 2.36. The highest BCUT2D eigenvalue weighted by Gasteiger charge is 2.18. The van der Waals surface area contributed by atoms with Crippen LogP contribution in [0.3, 0.4) is 0 Å². The van der Waals surface area contributed by atoms with Crippen molar-refractivity contribution in [3.05, 3.63) is 29.8 Å². The van der Waals surface area contributed by atoms with Gasteiger partial charge in [-0.25, -0.2) is 0 Å². The molecular weight excluding hydrogens is 224 g/mol. The average molecular weight is 248 g/mol. The summed E-state index contributed by atoms with van der Waals surface area (Å²) in [5.41, 5.74) is 1.20. The first-order valence-electron chi connectivity index (χ1n) is 6.65. The highest BCUT2D eigenvalue weighted by atomic mass is 16.5. The Hall–Kier alpha value is -1.06. The zero-order valence-electron chi connectivity index (χ0n) is 11.9. The van der Waals surface area contributed by atoms with Gasteiger partial charge >= 0.3 is 0 Å². The van der Waals surface area contributed by atoms with Crippen molar-refractivity contribution in [1.29, 1.82) is 0 Å². The average Bonchev–Trinajstić information content (AvgIpc) is 2.28. The van der Waals surface area contributed by atoms with Crippen LogP contribution in [-0.2, 0) is 0 Å². The third-order valence-electron chi connectivity index (χ3n) is 3.09. The lowest BCUT2D eigenvalue weighted by molar-refractivity contribution is 0.131. The fraction of sp³-hybridized carbons (Fsp3) is 0.600. The van der Waals surface area contributed by atoms with Gasteiger partial charge in [0.25, 0.3) is 0 Å². The molecule has 18 heavy (non-hydrogen) atoms. The van der Waals surface area contributed by atoms with Gasteiger partial charge in [0.05, 0.1) is 0 Å². The van der Waals surface area contributed by atoms with E-state index in [1.54, 1.807) is 0 Å². The molecule has 2 rings (SSSR count). The van der Waals surface area contributed by atoms with E-state index in [9.17, 15) is 0 Å². The lowest BCUT2D eigenvalue weighted by Crippen LogP contribution is -2.43. The van der Waals surface area contributed by atoms with Crippen molar-refractivity contribution in [2.75, 3.05) is 26.7 Å². The molecule has 1 saturated heterocycles. The molecule has 1 fully saturated rings. The fourth-order valence-electron chi connectivity index (χ4n) is 2.24. The number of hydrogen-bond acceptors (Lipinski definition) is 3. The van der Waals surface area contributed by atoms with Crippen molar-refractivity contribution in [3.8, 4) is 5.75 Å². The van der Waals surface area contributed by atoms with Crippen LogP contribution in [0, 0.1) is 0 Å². The third-order valence-corrected chi connectivity index (χ3v) is 3.09. The van der Waals surface area contributed by atoms with Gasteiger partial charge in [-0.2, -0.15) is 0 Å². The van der Waals surface area contributed by atoms with E-state index >= 15 is 0 Å². The summed E-state index contributed by atoms with van der Waals surface area (Å²) in [6, 6.07) is 8.90. The topological polar surface area (TPSA) is 24.5 Å². The summed E-state index contributed by atoms with van der Waals surface area (Å²) in [7, 11) is 2.17. The molecule has 3 nitrogen and oxygen atoms in total. The normalized spacial score (nSPS) is 21.9. The number of benzene rings is 1. The molecule has 0 saturated carbocycles. The Kier molecular flexibility index (Phi) is 3.93. The minimum absolute atomic E-state index is 0.134. The number of likely N-dealkylation sites (N-methyl/N-ethyl adjacent to an activating group) is 1. The number of piperazine rings is 1. The molecule has 0 aromatic heterocycles. The molecule has 100 valence electrons. The fourth-order valence-corrected chi connectivity index (χ4v) is 2.24. The molecule has 1 atom stereocenters. The molecule has 1 aliphatic rings. The van der Waals surface area contributed by atoms with Gasteiger partial charge in [0.1, 0.15) is 11.4 Å². The van der Waals surface area contributed by atoms with Gasteiger partial charge in [-0.3, -0.25) is 0 Å². The molecule has 1 aromatic carbocycles. The second kappa shape index (κ2) is 5.29. The maximum atomic E-state index is 5.83. The van der Waals surface area contributed by atoms with E-state index in [4.69, 9.17) is 4.74 Å². The maximum Gasteiger partial charge on any atom is 0.120 e. The lowest BCUT2D eigenvalue weighted by Gasteiger charge is -2.31. The van der Waals surface area contributed by atoms with E-state index in [2.05, 4.69) is 62.3 Å². The smallest absolute Gasteiger partial charge is 0.120 e. The second-order valence-corrected chi connectivity index (χ2v) is 6.05. The van der Waals surface area contributed by atoms with Crippen LogP contribution in [0.2, 0.25) is 0 Å².